The quantitative estimate of drug-likeness (QED) is 0.459. The largest absolute Gasteiger partial charge is 0.495 e. The summed E-state index contributed by atoms with van der Waals surface area (Å²) in [5.41, 5.74) is 1.62. The maximum atomic E-state index is 10.8. The van der Waals surface area contributed by atoms with Crippen molar-refractivity contribution < 1.29 is 9.66 Å². The van der Waals surface area contributed by atoms with E-state index in [-0.39, 0.29) is 5.69 Å². The molecule has 0 aliphatic rings. The lowest BCUT2D eigenvalue weighted by molar-refractivity contribution is -0.385. The van der Waals surface area contributed by atoms with E-state index < -0.39 is 4.92 Å². The number of nitrogens with zero attached hydrogens (tertiary/aromatic N) is 1. The van der Waals surface area contributed by atoms with Crippen molar-refractivity contribution in [3.8, 4) is 5.75 Å². The third-order valence-corrected chi connectivity index (χ3v) is 3.74. The molecule has 20 heavy (non-hydrogen) atoms. The van der Waals surface area contributed by atoms with Crippen LogP contribution in [0.25, 0.3) is 0 Å². The van der Waals surface area contributed by atoms with Crippen LogP contribution in [-0.4, -0.2) is 12.0 Å². The number of halogens is 2. The fourth-order valence-corrected chi connectivity index (χ4v) is 2.61. The van der Waals surface area contributed by atoms with Crippen molar-refractivity contribution in [3.05, 3.63) is 55.1 Å². The van der Waals surface area contributed by atoms with Gasteiger partial charge in [-0.1, -0.05) is 11.6 Å². The smallest absolute Gasteiger partial charge is 0.282 e. The van der Waals surface area contributed by atoms with E-state index in [0.717, 1.165) is 11.4 Å². The number of hydrogen-bond donors (Lipinski definition) is 1. The summed E-state index contributed by atoms with van der Waals surface area (Å²) in [5.74, 6) is 0.593. The standard InChI is InChI=1S/C13H10ClIN2O3/c1-20-13-5-3-8(6-10(13)14)16-9-2-4-12(17(18)19)11(15)7-9/h2-7,16H,1H3. The zero-order valence-corrected chi connectivity index (χ0v) is 13.3. The number of benzene rings is 2. The summed E-state index contributed by atoms with van der Waals surface area (Å²) < 4.78 is 5.64. The predicted octanol–water partition coefficient (Wildman–Crippen LogP) is 4.61. The zero-order chi connectivity index (χ0) is 14.7. The van der Waals surface area contributed by atoms with Crippen molar-refractivity contribution in [1.29, 1.82) is 0 Å². The minimum atomic E-state index is -0.407. The van der Waals surface area contributed by atoms with Gasteiger partial charge in [-0.25, -0.2) is 0 Å². The van der Waals surface area contributed by atoms with Gasteiger partial charge in [0.05, 0.1) is 20.6 Å². The maximum Gasteiger partial charge on any atom is 0.282 e. The third kappa shape index (κ3) is 3.31. The van der Waals surface area contributed by atoms with Gasteiger partial charge in [0.2, 0.25) is 0 Å². The Hall–Kier alpha value is -1.54. The number of nitro benzene ring substituents is 1. The Labute approximate surface area is 134 Å². The molecule has 0 saturated carbocycles. The molecule has 0 atom stereocenters. The highest BCUT2D eigenvalue weighted by atomic mass is 127. The summed E-state index contributed by atoms with van der Waals surface area (Å²) in [6.45, 7) is 0. The van der Waals surface area contributed by atoms with Crippen molar-refractivity contribution in [3.63, 3.8) is 0 Å². The normalized spacial score (nSPS) is 10.2. The molecule has 0 heterocycles. The van der Waals surface area contributed by atoms with Crippen LogP contribution in [0, 0.1) is 13.7 Å². The van der Waals surface area contributed by atoms with Crippen molar-refractivity contribution in [1.82, 2.24) is 0 Å². The second-order valence-corrected chi connectivity index (χ2v) is 5.47. The lowest BCUT2D eigenvalue weighted by Crippen LogP contribution is -1.95. The Balaban J connectivity index is 2.24. The molecule has 0 aromatic heterocycles. The number of nitrogens with one attached hydrogen (secondary N) is 1. The van der Waals surface area contributed by atoms with E-state index >= 15 is 0 Å². The summed E-state index contributed by atoms with van der Waals surface area (Å²) >= 11 is 7.97. The number of methoxy groups -OCH3 is 1. The lowest BCUT2D eigenvalue weighted by atomic mass is 10.2. The Morgan fingerprint density at radius 1 is 1.25 bits per heavy atom. The minimum absolute atomic E-state index is 0.0870. The van der Waals surface area contributed by atoms with Crippen LogP contribution in [0.2, 0.25) is 5.02 Å². The number of ether oxygens (including phenoxy) is 1. The van der Waals surface area contributed by atoms with Crippen LogP contribution < -0.4 is 10.1 Å². The number of anilines is 2. The predicted molar refractivity (Wildman–Crippen MR) is 87.1 cm³/mol. The molecule has 0 unspecified atom stereocenters. The van der Waals surface area contributed by atoms with Crippen molar-refractivity contribution in [2.45, 2.75) is 0 Å². The first-order valence-corrected chi connectivity index (χ1v) is 7.01. The van der Waals surface area contributed by atoms with E-state index in [9.17, 15) is 10.1 Å². The molecule has 0 aliphatic carbocycles. The van der Waals surface area contributed by atoms with Crippen molar-refractivity contribution in [2.24, 2.45) is 0 Å². The molecule has 0 aliphatic heterocycles. The highest BCUT2D eigenvalue weighted by Gasteiger charge is 2.11. The van der Waals surface area contributed by atoms with Crippen LogP contribution >= 0.6 is 34.2 Å². The molecule has 2 rings (SSSR count). The molecule has 2 aromatic carbocycles. The molecule has 0 radical (unpaired) electrons. The average Bonchev–Trinajstić information content (AvgIpc) is 2.38. The number of nitro groups is 1. The summed E-state index contributed by atoms with van der Waals surface area (Å²) in [5, 5.41) is 14.4. The van der Waals surface area contributed by atoms with Gasteiger partial charge < -0.3 is 10.1 Å². The van der Waals surface area contributed by atoms with Crippen molar-refractivity contribution in [2.75, 3.05) is 12.4 Å². The van der Waals surface area contributed by atoms with E-state index in [4.69, 9.17) is 16.3 Å². The topological polar surface area (TPSA) is 64.4 Å². The van der Waals surface area contributed by atoms with E-state index in [0.29, 0.717) is 14.3 Å². The summed E-state index contributed by atoms with van der Waals surface area (Å²) in [6, 6.07) is 10.1. The first kappa shape index (κ1) is 14.9. The molecule has 2 aromatic rings. The van der Waals surface area contributed by atoms with E-state index in [1.54, 1.807) is 31.4 Å². The third-order valence-electron chi connectivity index (χ3n) is 2.58. The van der Waals surface area contributed by atoms with Crippen molar-refractivity contribution >= 4 is 51.3 Å². The Kier molecular flexibility index (Phi) is 4.66. The van der Waals surface area contributed by atoms with Crippen LogP contribution in [0.15, 0.2) is 36.4 Å². The minimum Gasteiger partial charge on any atom is -0.495 e. The average molecular weight is 405 g/mol. The second kappa shape index (κ2) is 6.27. The first-order valence-electron chi connectivity index (χ1n) is 5.56. The molecular formula is C13H10ClIN2O3. The van der Waals surface area contributed by atoms with E-state index in [1.807, 2.05) is 28.7 Å². The lowest BCUT2D eigenvalue weighted by Gasteiger charge is -2.09. The SMILES string of the molecule is COc1ccc(Nc2ccc([N+](=O)[O-])c(I)c2)cc1Cl. The highest BCUT2D eigenvalue weighted by molar-refractivity contribution is 14.1. The van der Waals surface area contributed by atoms with Gasteiger partial charge >= 0.3 is 0 Å². The zero-order valence-electron chi connectivity index (χ0n) is 10.4. The van der Waals surface area contributed by atoms with Gasteiger partial charge in [-0.2, -0.15) is 0 Å². The van der Waals surface area contributed by atoms with Gasteiger partial charge in [0.1, 0.15) is 5.75 Å². The fraction of sp³-hybridized carbons (Fsp3) is 0.0769. The summed E-state index contributed by atoms with van der Waals surface area (Å²) in [4.78, 5) is 10.3. The molecular weight excluding hydrogens is 395 g/mol. The second-order valence-electron chi connectivity index (χ2n) is 3.90. The molecule has 0 fully saturated rings. The fourth-order valence-electron chi connectivity index (χ4n) is 1.64. The van der Waals surface area contributed by atoms with Crippen LogP contribution in [-0.2, 0) is 0 Å². The Morgan fingerprint density at radius 3 is 2.45 bits per heavy atom. The summed E-state index contributed by atoms with van der Waals surface area (Å²) in [7, 11) is 1.55. The van der Waals surface area contributed by atoms with Crippen LogP contribution in [0.5, 0.6) is 5.75 Å². The van der Waals surface area contributed by atoms with Gasteiger partial charge in [0.25, 0.3) is 5.69 Å². The first-order chi connectivity index (χ1) is 9.51. The molecule has 7 heteroatoms. The van der Waals surface area contributed by atoms with Crippen LogP contribution in [0.1, 0.15) is 0 Å². The molecule has 1 N–H and O–H groups in total. The molecule has 0 spiro atoms. The molecule has 0 saturated heterocycles. The van der Waals surface area contributed by atoms with Gasteiger partial charge in [-0.3, -0.25) is 10.1 Å². The number of hydrogen-bond acceptors (Lipinski definition) is 4. The monoisotopic (exact) mass is 404 g/mol. The number of rotatable bonds is 4. The van der Waals surface area contributed by atoms with Crippen LogP contribution in [0.4, 0.5) is 17.1 Å². The molecule has 0 amide bonds. The molecule has 104 valence electrons. The van der Waals surface area contributed by atoms with Crippen LogP contribution in [0.3, 0.4) is 0 Å². The van der Waals surface area contributed by atoms with Gasteiger partial charge in [-0.05, 0) is 52.9 Å². The molecule has 5 nitrogen and oxygen atoms in total. The molecule has 0 bridgehead atoms. The Morgan fingerprint density at radius 2 is 1.90 bits per heavy atom. The van der Waals surface area contributed by atoms with Gasteiger partial charge in [0.15, 0.2) is 0 Å². The van der Waals surface area contributed by atoms with Gasteiger partial charge in [-0.15, -0.1) is 0 Å². The van der Waals surface area contributed by atoms with Gasteiger partial charge in [0, 0.05) is 17.4 Å². The summed E-state index contributed by atoms with van der Waals surface area (Å²) in [6.07, 6.45) is 0. The Bertz CT molecular complexity index is 664. The highest BCUT2D eigenvalue weighted by Crippen LogP contribution is 2.30. The maximum absolute atomic E-state index is 10.8. The van der Waals surface area contributed by atoms with E-state index in [1.165, 1.54) is 6.07 Å². The van der Waals surface area contributed by atoms with E-state index in [2.05, 4.69) is 5.32 Å².